The molecular formula is C20H25N5O4. The predicted octanol–water partition coefficient (Wildman–Crippen LogP) is 1.97. The summed E-state index contributed by atoms with van der Waals surface area (Å²) in [5, 5.41) is 9.68. The summed E-state index contributed by atoms with van der Waals surface area (Å²) >= 11 is 0. The van der Waals surface area contributed by atoms with Gasteiger partial charge in [-0.1, -0.05) is 18.2 Å². The number of benzene rings is 1. The van der Waals surface area contributed by atoms with Gasteiger partial charge in [-0.05, 0) is 25.1 Å². The summed E-state index contributed by atoms with van der Waals surface area (Å²) in [4.78, 5) is 24.9. The fourth-order valence-corrected chi connectivity index (χ4v) is 3.22. The number of guanidine groups is 1. The fraction of sp³-hybridized carbons (Fsp3) is 0.350. The molecule has 1 aliphatic heterocycles. The van der Waals surface area contributed by atoms with Crippen LogP contribution in [0.25, 0.3) is 0 Å². The molecule has 0 unspecified atom stereocenters. The Labute approximate surface area is 169 Å². The number of nitrogens with one attached hydrogen (secondary N) is 1. The molecule has 3 rings (SSSR count). The Balaban J connectivity index is 1.82. The molecule has 0 saturated carbocycles. The number of carbonyl (C=O) groups excluding carboxylic acids is 1. The first-order chi connectivity index (χ1) is 14.1. The number of hydroxylamine groups is 1. The van der Waals surface area contributed by atoms with Gasteiger partial charge in [-0.15, -0.1) is 0 Å². The standard InChI is InChI=1S/C20H25N5O4/c1-14-16(19(26)29-3)13-17(18(21-14)28-2)22-20(23-27)25-11-9-24(10-12-25)15-7-5-4-6-8-15/h4-8,13,27H,9-12H2,1-3H3,(H,22,23). The second-order valence-corrected chi connectivity index (χ2v) is 6.50. The minimum Gasteiger partial charge on any atom is -0.479 e. The summed E-state index contributed by atoms with van der Waals surface area (Å²) in [5.41, 5.74) is 4.41. The fourth-order valence-electron chi connectivity index (χ4n) is 3.22. The SMILES string of the molecule is COC(=O)c1cc(N=C(NO)N2CCN(c3ccccc3)CC2)c(OC)nc1C. The molecule has 9 nitrogen and oxygen atoms in total. The van der Waals surface area contributed by atoms with Crippen molar-refractivity contribution in [2.24, 2.45) is 4.99 Å². The number of pyridine rings is 1. The van der Waals surface area contributed by atoms with Gasteiger partial charge in [-0.2, -0.15) is 0 Å². The number of nitrogens with zero attached hydrogens (tertiary/aromatic N) is 4. The summed E-state index contributed by atoms with van der Waals surface area (Å²) in [6.45, 7) is 4.57. The van der Waals surface area contributed by atoms with E-state index in [9.17, 15) is 10.0 Å². The van der Waals surface area contributed by atoms with Gasteiger partial charge < -0.3 is 19.3 Å². The van der Waals surface area contributed by atoms with Crippen LogP contribution in [-0.4, -0.2) is 67.4 Å². The summed E-state index contributed by atoms with van der Waals surface area (Å²) < 4.78 is 10.1. The lowest BCUT2D eigenvalue weighted by Crippen LogP contribution is -2.52. The number of piperazine rings is 1. The molecule has 1 saturated heterocycles. The van der Waals surface area contributed by atoms with Gasteiger partial charge >= 0.3 is 5.97 Å². The Morgan fingerprint density at radius 1 is 1.17 bits per heavy atom. The van der Waals surface area contributed by atoms with E-state index in [0.717, 1.165) is 18.8 Å². The van der Waals surface area contributed by atoms with E-state index < -0.39 is 5.97 Å². The number of anilines is 1. The zero-order valence-corrected chi connectivity index (χ0v) is 16.8. The number of carbonyl (C=O) groups is 1. The molecule has 2 aromatic rings. The van der Waals surface area contributed by atoms with Crippen molar-refractivity contribution in [3.8, 4) is 5.88 Å². The van der Waals surface area contributed by atoms with Crippen molar-refractivity contribution in [1.29, 1.82) is 0 Å². The lowest BCUT2D eigenvalue weighted by atomic mass is 10.2. The maximum absolute atomic E-state index is 12.0. The summed E-state index contributed by atoms with van der Waals surface area (Å²) in [5.74, 6) is 0.00684. The van der Waals surface area contributed by atoms with E-state index in [2.05, 4.69) is 32.5 Å². The monoisotopic (exact) mass is 399 g/mol. The first-order valence-electron chi connectivity index (χ1n) is 9.25. The second-order valence-electron chi connectivity index (χ2n) is 6.50. The lowest BCUT2D eigenvalue weighted by molar-refractivity contribution is 0.0599. The third-order valence-corrected chi connectivity index (χ3v) is 4.78. The number of aromatic nitrogens is 1. The number of esters is 1. The molecule has 0 aliphatic carbocycles. The topological polar surface area (TPSA) is 99.5 Å². The number of rotatable bonds is 4. The Bertz CT molecular complexity index is 880. The van der Waals surface area contributed by atoms with E-state index in [4.69, 9.17) is 9.47 Å². The Morgan fingerprint density at radius 2 is 1.86 bits per heavy atom. The predicted molar refractivity (Wildman–Crippen MR) is 109 cm³/mol. The van der Waals surface area contributed by atoms with Gasteiger partial charge in [0, 0.05) is 31.9 Å². The molecule has 0 amide bonds. The van der Waals surface area contributed by atoms with E-state index in [1.165, 1.54) is 14.2 Å². The number of para-hydroxylation sites is 1. The van der Waals surface area contributed by atoms with E-state index in [1.54, 1.807) is 13.0 Å². The highest BCUT2D eigenvalue weighted by atomic mass is 16.5. The zero-order valence-electron chi connectivity index (χ0n) is 16.8. The van der Waals surface area contributed by atoms with Crippen LogP contribution in [0.4, 0.5) is 11.4 Å². The molecule has 1 aliphatic rings. The quantitative estimate of drug-likeness (QED) is 0.348. The number of methoxy groups -OCH3 is 2. The molecule has 2 N–H and O–H groups in total. The van der Waals surface area contributed by atoms with Gasteiger partial charge in [0.05, 0.1) is 25.5 Å². The average molecular weight is 399 g/mol. The van der Waals surface area contributed by atoms with Crippen LogP contribution >= 0.6 is 0 Å². The molecule has 1 aromatic carbocycles. The lowest BCUT2D eigenvalue weighted by Gasteiger charge is -2.37. The third kappa shape index (κ3) is 4.57. The minimum atomic E-state index is -0.510. The average Bonchev–Trinajstić information content (AvgIpc) is 2.78. The van der Waals surface area contributed by atoms with Crippen LogP contribution in [0.15, 0.2) is 41.4 Å². The molecular weight excluding hydrogens is 374 g/mol. The number of aliphatic imine (C=N–C) groups is 1. The van der Waals surface area contributed by atoms with Crippen LogP contribution in [0.3, 0.4) is 0 Å². The van der Waals surface area contributed by atoms with Gasteiger partial charge in [-0.25, -0.2) is 20.3 Å². The van der Waals surface area contributed by atoms with Gasteiger partial charge in [0.15, 0.2) is 0 Å². The Hall–Kier alpha value is -3.33. The number of aryl methyl sites for hydroxylation is 1. The third-order valence-electron chi connectivity index (χ3n) is 4.78. The highest BCUT2D eigenvalue weighted by molar-refractivity contribution is 5.92. The first kappa shape index (κ1) is 20.4. The number of ether oxygens (including phenoxy) is 2. The molecule has 1 aromatic heterocycles. The van der Waals surface area contributed by atoms with E-state index in [1.807, 2.05) is 23.1 Å². The van der Waals surface area contributed by atoms with Crippen LogP contribution in [-0.2, 0) is 4.74 Å². The van der Waals surface area contributed by atoms with Crippen LogP contribution in [0.2, 0.25) is 0 Å². The summed E-state index contributed by atoms with van der Waals surface area (Å²) in [6.07, 6.45) is 0. The number of hydrogen-bond donors (Lipinski definition) is 2. The molecule has 1 fully saturated rings. The van der Waals surface area contributed by atoms with Gasteiger partial charge in [0.25, 0.3) is 0 Å². The summed E-state index contributed by atoms with van der Waals surface area (Å²) in [6, 6.07) is 11.7. The van der Waals surface area contributed by atoms with Crippen LogP contribution in [0, 0.1) is 6.92 Å². The van der Waals surface area contributed by atoms with Crippen molar-refractivity contribution in [3.63, 3.8) is 0 Å². The molecule has 154 valence electrons. The maximum Gasteiger partial charge on any atom is 0.339 e. The smallest absolute Gasteiger partial charge is 0.339 e. The van der Waals surface area contributed by atoms with Crippen molar-refractivity contribution in [2.75, 3.05) is 45.3 Å². The largest absolute Gasteiger partial charge is 0.479 e. The molecule has 0 spiro atoms. The second kappa shape index (κ2) is 9.24. The molecule has 29 heavy (non-hydrogen) atoms. The number of hydrogen-bond acceptors (Lipinski definition) is 7. The first-order valence-corrected chi connectivity index (χ1v) is 9.25. The highest BCUT2D eigenvalue weighted by Crippen LogP contribution is 2.28. The minimum absolute atomic E-state index is 0.255. The van der Waals surface area contributed by atoms with Crippen molar-refractivity contribution in [1.82, 2.24) is 15.4 Å². The molecule has 9 heteroatoms. The zero-order chi connectivity index (χ0) is 20.8. The molecule has 2 heterocycles. The molecule has 0 radical (unpaired) electrons. The summed E-state index contributed by atoms with van der Waals surface area (Å²) in [7, 11) is 2.78. The van der Waals surface area contributed by atoms with Gasteiger partial charge in [-0.3, -0.25) is 5.21 Å². The van der Waals surface area contributed by atoms with Gasteiger partial charge in [0.1, 0.15) is 5.69 Å². The maximum atomic E-state index is 12.0. The van der Waals surface area contributed by atoms with E-state index in [0.29, 0.717) is 30.0 Å². The Kier molecular flexibility index (Phi) is 6.50. The highest BCUT2D eigenvalue weighted by Gasteiger charge is 2.22. The van der Waals surface area contributed by atoms with Crippen molar-refractivity contribution >= 4 is 23.3 Å². The normalized spacial score (nSPS) is 14.6. The van der Waals surface area contributed by atoms with Gasteiger partial charge in [0.2, 0.25) is 11.8 Å². The molecule has 0 atom stereocenters. The van der Waals surface area contributed by atoms with Crippen LogP contribution in [0.1, 0.15) is 16.1 Å². The Morgan fingerprint density at radius 3 is 2.45 bits per heavy atom. The van der Waals surface area contributed by atoms with Crippen molar-refractivity contribution in [3.05, 3.63) is 47.7 Å². The van der Waals surface area contributed by atoms with Crippen LogP contribution in [0.5, 0.6) is 5.88 Å². The van der Waals surface area contributed by atoms with E-state index in [-0.39, 0.29) is 11.8 Å². The van der Waals surface area contributed by atoms with Crippen molar-refractivity contribution < 1.29 is 19.5 Å². The van der Waals surface area contributed by atoms with Crippen molar-refractivity contribution in [2.45, 2.75) is 6.92 Å². The van der Waals surface area contributed by atoms with E-state index >= 15 is 0 Å². The molecule has 0 bridgehead atoms. The van der Waals surface area contributed by atoms with Crippen LogP contribution < -0.4 is 15.1 Å².